The molecule has 27 heavy (non-hydrogen) atoms. The predicted molar refractivity (Wildman–Crippen MR) is 105 cm³/mol. The van der Waals surface area contributed by atoms with Gasteiger partial charge in [-0.25, -0.2) is 9.67 Å². The Kier molecular flexibility index (Phi) is 6.31. The smallest absolute Gasteiger partial charge is 0.255 e. The predicted octanol–water partition coefficient (Wildman–Crippen LogP) is 3.25. The van der Waals surface area contributed by atoms with Crippen LogP contribution in [0.2, 0.25) is 5.15 Å². The van der Waals surface area contributed by atoms with E-state index in [-0.39, 0.29) is 22.5 Å². The lowest BCUT2D eigenvalue weighted by atomic mass is 10.1. The van der Waals surface area contributed by atoms with Crippen molar-refractivity contribution in [2.75, 3.05) is 12.8 Å². The van der Waals surface area contributed by atoms with Gasteiger partial charge in [0.05, 0.1) is 11.8 Å². The molecule has 0 bridgehead atoms. The summed E-state index contributed by atoms with van der Waals surface area (Å²) in [5, 5.41) is 17.3. The molecule has 0 radical (unpaired) electrons. The average molecular weight is 404 g/mol. The largest absolute Gasteiger partial charge is 0.507 e. The highest BCUT2D eigenvalue weighted by Crippen LogP contribution is 2.34. The molecule has 3 aromatic rings. The molecule has 3 rings (SSSR count). The topological polar surface area (TPSA) is 92.9 Å². The molecule has 1 unspecified atom stereocenters. The molecular formula is C18H18ClN5O2S. The van der Waals surface area contributed by atoms with Crippen LogP contribution in [0.4, 0.5) is 0 Å². The number of phenols is 1. The van der Waals surface area contributed by atoms with Gasteiger partial charge in [0.25, 0.3) is 5.91 Å². The number of thioether (sulfide) groups is 1. The Bertz CT molecular complexity index is 919. The van der Waals surface area contributed by atoms with Gasteiger partial charge in [-0.2, -0.15) is 16.9 Å². The number of phenolic OH excluding ortho intramolecular Hbond substituents is 1. The summed E-state index contributed by atoms with van der Waals surface area (Å²) in [6, 6.07) is 6.45. The number of nitrogens with one attached hydrogen (secondary N) is 1. The Hall–Kier alpha value is -2.58. The Morgan fingerprint density at radius 1 is 1.37 bits per heavy atom. The SMILES string of the molecule is CSC(CCNC(=O)c1ccccc1O)c1cn(-c2cnccn2)nc1Cl. The van der Waals surface area contributed by atoms with Crippen molar-refractivity contribution >= 4 is 29.3 Å². The Morgan fingerprint density at radius 2 is 2.19 bits per heavy atom. The van der Waals surface area contributed by atoms with Gasteiger partial charge in [0.1, 0.15) is 5.75 Å². The molecule has 0 spiro atoms. The van der Waals surface area contributed by atoms with Crippen LogP contribution < -0.4 is 5.32 Å². The maximum Gasteiger partial charge on any atom is 0.255 e. The molecule has 2 heterocycles. The number of carbonyl (C=O) groups excluding carboxylic acids is 1. The molecule has 0 aliphatic carbocycles. The van der Waals surface area contributed by atoms with Gasteiger partial charge < -0.3 is 10.4 Å². The van der Waals surface area contributed by atoms with Gasteiger partial charge in [0, 0.05) is 35.9 Å². The number of rotatable bonds is 7. The summed E-state index contributed by atoms with van der Waals surface area (Å²) in [5.41, 5.74) is 1.12. The number of aromatic hydroxyl groups is 1. The summed E-state index contributed by atoms with van der Waals surface area (Å²) >= 11 is 7.93. The second-order valence-electron chi connectivity index (χ2n) is 5.67. The van der Waals surface area contributed by atoms with Gasteiger partial charge >= 0.3 is 0 Å². The summed E-state index contributed by atoms with van der Waals surface area (Å²) < 4.78 is 1.59. The molecule has 0 fully saturated rings. The number of hydrogen-bond acceptors (Lipinski definition) is 6. The maximum atomic E-state index is 12.2. The molecule has 0 saturated carbocycles. The van der Waals surface area contributed by atoms with Crippen LogP contribution in [0.1, 0.15) is 27.6 Å². The minimum absolute atomic E-state index is 0.0373. The molecule has 9 heteroatoms. The summed E-state index contributed by atoms with van der Waals surface area (Å²) in [7, 11) is 0. The van der Waals surface area contributed by atoms with Crippen molar-refractivity contribution < 1.29 is 9.90 Å². The van der Waals surface area contributed by atoms with E-state index in [1.807, 2.05) is 12.5 Å². The van der Waals surface area contributed by atoms with Crippen LogP contribution in [0.3, 0.4) is 0 Å². The van der Waals surface area contributed by atoms with E-state index in [1.54, 1.807) is 53.2 Å². The molecule has 2 aromatic heterocycles. The second-order valence-corrected chi connectivity index (χ2v) is 7.07. The van der Waals surface area contributed by atoms with Crippen LogP contribution >= 0.6 is 23.4 Å². The van der Waals surface area contributed by atoms with Crippen LogP contribution in [0.25, 0.3) is 5.82 Å². The van der Waals surface area contributed by atoms with Crippen LogP contribution in [0, 0.1) is 0 Å². The van der Waals surface area contributed by atoms with E-state index >= 15 is 0 Å². The fraction of sp³-hybridized carbons (Fsp3) is 0.222. The molecule has 0 saturated heterocycles. The lowest BCUT2D eigenvalue weighted by Gasteiger charge is -2.14. The van der Waals surface area contributed by atoms with Gasteiger partial charge in [-0.3, -0.25) is 9.78 Å². The van der Waals surface area contributed by atoms with Gasteiger partial charge in [0.2, 0.25) is 0 Å². The first-order valence-electron chi connectivity index (χ1n) is 8.20. The fourth-order valence-corrected chi connectivity index (χ4v) is 3.69. The molecule has 1 aromatic carbocycles. The van der Waals surface area contributed by atoms with Crippen molar-refractivity contribution in [1.82, 2.24) is 25.1 Å². The minimum Gasteiger partial charge on any atom is -0.507 e. The van der Waals surface area contributed by atoms with E-state index < -0.39 is 0 Å². The third-order valence-corrected chi connectivity index (χ3v) is 5.30. The lowest BCUT2D eigenvalue weighted by molar-refractivity contribution is 0.0950. The number of nitrogens with zero attached hydrogens (tertiary/aromatic N) is 4. The van der Waals surface area contributed by atoms with Crippen LogP contribution in [-0.4, -0.2) is 43.6 Å². The highest BCUT2D eigenvalue weighted by atomic mass is 35.5. The number of benzene rings is 1. The molecule has 1 atom stereocenters. The standard InChI is InChI=1S/C18H18ClN5O2S/c1-27-15(6-7-22-18(26)12-4-2-3-5-14(12)25)13-11-24(23-17(13)19)16-10-20-8-9-21-16/h2-5,8-11,15,25H,6-7H2,1H3,(H,22,26). The summed E-state index contributed by atoms with van der Waals surface area (Å²) in [4.78, 5) is 20.4. The van der Waals surface area contributed by atoms with E-state index in [4.69, 9.17) is 11.6 Å². The van der Waals surface area contributed by atoms with Crippen LogP contribution in [0.5, 0.6) is 5.75 Å². The van der Waals surface area contributed by atoms with Crippen molar-refractivity contribution in [3.8, 4) is 11.6 Å². The zero-order valence-corrected chi connectivity index (χ0v) is 16.1. The summed E-state index contributed by atoms with van der Waals surface area (Å²) in [5.74, 6) is 0.234. The third-order valence-electron chi connectivity index (χ3n) is 3.95. The minimum atomic E-state index is -0.311. The van der Waals surface area contributed by atoms with Crippen LogP contribution in [-0.2, 0) is 0 Å². The van der Waals surface area contributed by atoms with E-state index in [1.165, 1.54) is 6.07 Å². The molecule has 1 amide bonds. The summed E-state index contributed by atoms with van der Waals surface area (Å²) in [6.45, 7) is 0.436. The normalized spacial score (nSPS) is 11.9. The average Bonchev–Trinajstić information content (AvgIpc) is 3.08. The zero-order chi connectivity index (χ0) is 19.2. The number of amides is 1. The molecule has 0 aliphatic rings. The summed E-state index contributed by atoms with van der Waals surface area (Å²) in [6.07, 6.45) is 9.25. The Labute approximate surface area is 165 Å². The van der Waals surface area contributed by atoms with Crippen molar-refractivity contribution in [2.24, 2.45) is 0 Å². The fourth-order valence-electron chi connectivity index (χ4n) is 2.59. The highest BCUT2D eigenvalue weighted by molar-refractivity contribution is 7.98. The van der Waals surface area contributed by atoms with Crippen molar-refractivity contribution in [3.63, 3.8) is 0 Å². The molecule has 140 valence electrons. The van der Waals surface area contributed by atoms with Crippen molar-refractivity contribution in [1.29, 1.82) is 0 Å². The van der Waals surface area contributed by atoms with Gasteiger partial charge in [-0.05, 0) is 24.8 Å². The van der Waals surface area contributed by atoms with Crippen molar-refractivity contribution in [3.05, 3.63) is 65.3 Å². The van der Waals surface area contributed by atoms with Crippen molar-refractivity contribution in [2.45, 2.75) is 11.7 Å². The molecule has 0 aliphatic heterocycles. The third kappa shape index (κ3) is 4.58. The number of carbonyl (C=O) groups is 1. The number of hydrogen-bond donors (Lipinski definition) is 2. The second kappa shape index (κ2) is 8.88. The first-order valence-corrected chi connectivity index (χ1v) is 9.87. The molecule has 2 N–H and O–H groups in total. The van der Waals surface area contributed by atoms with E-state index in [9.17, 15) is 9.90 Å². The number of halogens is 1. The first-order chi connectivity index (χ1) is 13.1. The van der Waals surface area contributed by atoms with Gasteiger partial charge in [-0.15, -0.1) is 0 Å². The van der Waals surface area contributed by atoms with Gasteiger partial charge in [0.15, 0.2) is 11.0 Å². The van der Waals surface area contributed by atoms with Crippen LogP contribution in [0.15, 0.2) is 49.1 Å². The lowest BCUT2D eigenvalue weighted by Crippen LogP contribution is -2.25. The first kappa shape index (κ1) is 19.2. The molecular weight excluding hydrogens is 386 g/mol. The zero-order valence-electron chi connectivity index (χ0n) is 14.5. The number of aromatic nitrogens is 4. The molecule has 7 nitrogen and oxygen atoms in total. The Balaban J connectivity index is 1.65. The highest BCUT2D eigenvalue weighted by Gasteiger charge is 2.19. The van der Waals surface area contributed by atoms with E-state index in [0.717, 1.165) is 5.56 Å². The Morgan fingerprint density at radius 3 is 2.89 bits per heavy atom. The monoisotopic (exact) mass is 403 g/mol. The van der Waals surface area contributed by atoms with Gasteiger partial charge in [-0.1, -0.05) is 23.7 Å². The maximum absolute atomic E-state index is 12.2. The van der Waals surface area contributed by atoms with E-state index in [2.05, 4.69) is 20.4 Å². The quantitative estimate of drug-likeness (QED) is 0.629. The number of para-hydroxylation sites is 1. The van der Waals surface area contributed by atoms with E-state index in [0.29, 0.717) is 23.9 Å².